The maximum atomic E-state index is 12.7. The molecule has 0 bridgehead atoms. The summed E-state index contributed by atoms with van der Waals surface area (Å²) >= 11 is 0. The standard InChI is InChI=1S/C19H19N3O3S/c23-26(24,17-6-3-10-20-14-17)22-12-8-16(9-13-22)25-18-7-1-4-15-5-2-11-21-19(15)18/h1-7,10-11,14,16H,8-9,12-13H2. The Morgan fingerprint density at radius 2 is 1.77 bits per heavy atom. The summed E-state index contributed by atoms with van der Waals surface area (Å²) in [6.07, 6.45) is 5.96. The molecule has 1 saturated heterocycles. The van der Waals surface area contributed by atoms with E-state index in [-0.39, 0.29) is 11.0 Å². The molecular weight excluding hydrogens is 350 g/mol. The molecule has 4 rings (SSSR count). The van der Waals surface area contributed by atoms with Crippen molar-refractivity contribution in [1.29, 1.82) is 0 Å². The topological polar surface area (TPSA) is 72.4 Å². The molecule has 1 aliphatic heterocycles. The lowest BCUT2D eigenvalue weighted by molar-refractivity contribution is 0.136. The van der Waals surface area contributed by atoms with Crippen molar-refractivity contribution >= 4 is 20.9 Å². The van der Waals surface area contributed by atoms with Crippen molar-refractivity contribution < 1.29 is 13.2 Å². The smallest absolute Gasteiger partial charge is 0.244 e. The van der Waals surface area contributed by atoms with Gasteiger partial charge in [-0.2, -0.15) is 4.31 Å². The number of sulfonamides is 1. The van der Waals surface area contributed by atoms with E-state index in [4.69, 9.17) is 4.74 Å². The molecule has 0 spiro atoms. The van der Waals surface area contributed by atoms with Gasteiger partial charge in [0.05, 0.1) is 0 Å². The van der Waals surface area contributed by atoms with E-state index in [0.717, 1.165) is 16.7 Å². The summed E-state index contributed by atoms with van der Waals surface area (Å²) < 4.78 is 33.0. The highest BCUT2D eigenvalue weighted by Gasteiger charge is 2.30. The van der Waals surface area contributed by atoms with Crippen LogP contribution in [0.1, 0.15) is 12.8 Å². The van der Waals surface area contributed by atoms with E-state index in [9.17, 15) is 8.42 Å². The minimum Gasteiger partial charge on any atom is -0.488 e. The van der Waals surface area contributed by atoms with Gasteiger partial charge in [-0.05, 0) is 37.1 Å². The third-order valence-electron chi connectivity index (χ3n) is 4.56. The summed E-state index contributed by atoms with van der Waals surface area (Å²) in [5, 5.41) is 1.03. The van der Waals surface area contributed by atoms with E-state index in [1.54, 1.807) is 24.5 Å². The van der Waals surface area contributed by atoms with Crippen LogP contribution in [0.3, 0.4) is 0 Å². The summed E-state index contributed by atoms with van der Waals surface area (Å²) in [5.74, 6) is 0.747. The van der Waals surface area contributed by atoms with Gasteiger partial charge in [-0.15, -0.1) is 0 Å². The predicted octanol–water partition coefficient (Wildman–Crippen LogP) is 2.86. The monoisotopic (exact) mass is 369 g/mol. The Balaban J connectivity index is 1.46. The first-order valence-electron chi connectivity index (χ1n) is 8.55. The van der Waals surface area contributed by atoms with Gasteiger partial charge in [-0.3, -0.25) is 9.97 Å². The molecule has 3 heterocycles. The van der Waals surface area contributed by atoms with Gasteiger partial charge in [0.15, 0.2) is 0 Å². The zero-order valence-electron chi connectivity index (χ0n) is 14.2. The van der Waals surface area contributed by atoms with Crippen molar-refractivity contribution in [3.8, 4) is 5.75 Å². The molecule has 1 aromatic carbocycles. The molecule has 0 saturated carbocycles. The number of aromatic nitrogens is 2. The van der Waals surface area contributed by atoms with Crippen molar-refractivity contribution in [1.82, 2.24) is 14.3 Å². The lowest BCUT2D eigenvalue weighted by Crippen LogP contribution is -2.41. The van der Waals surface area contributed by atoms with Crippen LogP contribution in [0.4, 0.5) is 0 Å². The van der Waals surface area contributed by atoms with Crippen LogP contribution in [0, 0.1) is 0 Å². The normalized spacial score (nSPS) is 16.6. The van der Waals surface area contributed by atoms with E-state index in [1.807, 2.05) is 30.3 Å². The minimum absolute atomic E-state index is 0.0250. The molecule has 0 radical (unpaired) electrons. The van der Waals surface area contributed by atoms with Gasteiger partial charge in [-0.25, -0.2) is 8.42 Å². The highest BCUT2D eigenvalue weighted by Crippen LogP contribution is 2.27. The first-order valence-corrected chi connectivity index (χ1v) is 9.99. The average molecular weight is 369 g/mol. The Morgan fingerprint density at radius 3 is 2.54 bits per heavy atom. The zero-order chi connectivity index (χ0) is 18.0. The second-order valence-electron chi connectivity index (χ2n) is 6.24. The van der Waals surface area contributed by atoms with E-state index < -0.39 is 10.0 Å². The SMILES string of the molecule is O=S(=O)(c1cccnc1)N1CCC(Oc2cccc3cccnc23)CC1. The number of rotatable bonds is 4. The van der Waals surface area contributed by atoms with Crippen molar-refractivity contribution in [2.45, 2.75) is 23.8 Å². The fraction of sp³-hybridized carbons (Fsp3) is 0.263. The average Bonchev–Trinajstić information content (AvgIpc) is 2.69. The number of hydrogen-bond donors (Lipinski definition) is 0. The van der Waals surface area contributed by atoms with Crippen LogP contribution >= 0.6 is 0 Å². The molecule has 1 aliphatic rings. The number of benzene rings is 1. The lowest BCUT2D eigenvalue weighted by Gasteiger charge is -2.31. The molecule has 134 valence electrons. The Hall–Kier alpha value is -2.51. The maximum absolute atomic E-state index is 12.7. The molecule has 0 amide bonds. The number of fused-ring (bicyclic) bond motifs is 1. The quantitative estimate of drug-likeness (QED) is 0.707. The fourth-order valence-electron chi connectivity index (χ4n) is 3.19. The molecule has 3 aromatic rings. The van der Waals surface area contributed by atoms with Crippen LogP contribution in [0.15, 0.2) is 66.0 Å². The number of piperidine rings is 1. The molecular formula is C19H19N3O3S. The summed E-state index contributed by atoms with van der Waals surface area (Å²) in [6, 6.07) is 13.0. The van der Waals surface area contributed by atoms with Crippen molar-refractivity contribution in [3.05, 3.63) is 61.1 Å². The van der Waals surface area contributed by atoms with Crippen molar-refractivity contribution in [3.63, 3.8) is 0 Å². The Labute approximate surface area is 152 Å². The van der Waals surface area contributed by atoms with Crippen LogP contribution in [-0.4, -0.2) is 41.9 Å². The summed E-state index contributed by atoms with van der Waals surface area (Å²) in [4.78, 5) is 8.54. The summed E-state index contributed by atoms with van der Waals surface area (Å²) in [5.41, 5.74) is 0.834. The van der Waals surface area contributed by atoms with Gasteiger partial charge in [0.25, 0.3) is 0 Å². The first-order chi connectivity index (χ1) is 12.6. The van der Waals surface area contributed by atoms with E-state index >= 15 is 0 Å². The molecule has 0 N–H and O–H groups in total. The zero-order valence-corrected chi connectivity index (χ0v) is 15.0. The third kappa shape index (κ3) is 3.27. The number of ether oxygens (including phenoxy) is 1. The van der Waals surface area contributed by atoms with E-state index in [1.165, 1.54) is 10.5 Å². The lowest BCUT2D eigenvalue weighted by atomic mass is 10.1. The summed E-state index contributed by atoms with van der Waals surface area (Å²) in [7, 11) is -3.49. The molecule has 0 aliphatic carbocycles. The molecule has 2 aromatic heterocycles. The fourth-order valence-corrected chi connectivity index (χ4v) is 4.62. The van der Waals surface area contributed by atoms with Crippen LogP contribution in [0.5, 0.6) is 5.75 Å². The highest BCUT2D eigenvalue weighted by atomic mass is 32.2. The van der Waals surface area contributed by atoms with Crippen molar-refractivity contribution in [2.75, 3.05) is 13.1 Å². The summed E-state index contributed by atoms with van der Waals surface area (Å²) in [6.45, 7) is 0.861. The third-order valence-corrected chi connectivity index (χ3v) is 6.44. The number of nitrogens with zero attached hydrogens (tertiary/aromatic N) is 3. The largest absolute Gasteiger partial charge is 0.488 e. The van der Waals surface area contributed by atoms with Gasteiger partial charge in [0.2, 0.25) is 10.0 Å². The number of pyridine rings is 2. The molecule has 1 fully saturated rings. The second kappa shape index (κ2) is 7.01. The van der Waals surface area contributed by atoms with Crippen LogP contribution in [-0.2, 0) is 10.0 Å². The number of hydrogen-bond acceptors (Lipinski definition) is 5. The predicted molar refractivity (Wildman–Crippen MR) is 98.4 cm³/mol. The van der Waals surface area contributed by atoms with Gasteiger partial charge in [0, 0.05) is 37.1 Å². The van der Waals surface area contributed by atoms with Crippen molar-refractivity contribution in [2.24, 2.45) is 0 Å². The Morgan fingerprint density at radius 1 is 1.00 bits per heavy atom. The van der Waals surface area contributed by atoms with Gasteiger partial charge in [-0.1, -0.05) is 18.2 Å². The first kappa shape index (κ1) is 16.9. The van der Waals surface area contributed by atoms with Crippen LogP contribution in [0.25, 0.3) is 10.9 Å². The second-order valence-corrected chi connectivity index (χ2v) is 8.18. The van der Waals surface area contributed by atoms with Gasteiger partial charge in [0.1, 0.15) is 22.3 Å². The molecule has 26 heavy (non-hydrogen) atoms. The molecule has 0 atom stereocenters. The highest BCUT2D eigenvalue weighted by molar-refractivity contribution is 7.89. The van der Waals surface area contributed by atoms with Crippen LogP contribution < -0.4 is 4.74 Å². The maximum Gasteiger partial charge on any atom is 0.244 e. The van der Waals surface area contributed by atoms with Gasteiger partial charge < -0.3 is 4.74 Å². The van der Waals surface area contributed by atoms with Gasteiger partial charge >= 0.3 is 0 Å². The molecule has 6 nitrogen and oxygen atoms in total. The van der Waals surface area contributed by atoms with E-state index in [0.29, 0.717) is 25.9 Å². The van der Waals surface area contributed by atoms with Crippen LogP contribution in [0.2, 0.25) is 0 Å². The number of para-hydroxylation sites is 1. The van der Waals surface area contributed by atoms with E-state index in [2.05, 4.69) is 9.97 Å². The Kier molecular flexibility index (Phi) is 4.57. The Bertz CT molecular complexity index is 995. The minimum atomic E-state index is -3.49. The molecule has 7 heteroatoms. The molecule has 0 unspecified atom stereocenters.